The highest BCUT2D eigenvalue weighted by molar-refractivity contribution is 5.96. The third-order valence-corrected chi connectivity index (χ3v) is 5.15. The van der Waals surface area contributed by atoms with Crippen molar-refractivity contribution in [1.82, 2.24) is 10.2 Å². The van der Waals surface area contributed by atoms with E-state index in [1.807, 2.05) is 32.9 Å². The van der Waals surface area contributed by atoms with E-state index in [1.165, 1.54) is 0 Å². The van der Waals surface area contributed by atoms with E-state index in [4.69, 9.17) is 5.73 Å². The van der Waals surface area contributed by atoms with Gasteiger partial charge in [-0.2, -0.15) is 0 Å². The minimum Gasteiger partial charge on any atom is -0.346 e. The van der Waals surface area contributed by atoms with Crippen molar-refractivity contribution in [3.63, 3.8) is 0 Å². The Morgan fingerprint density at radius 3 is 2.33 bits per heavy atom. The van der Waals surface area contributed by atoms with Gasteiger partial charge in [-0.1, -0.05) is 31.5 Å². The van der Waals surface area contributed by atoms with Crippen LogP contribution in [0.1, 0.15) is 37.0 Å². The zero-order chi connectivity index (χ0) is 19.5. The number of hydrogen-bond donors (Lipinski definition) is 3. The van der Waals surface area contributed by atoms with E-state index in [9.17, 15) is 9.59 Å². The van der Waals surface area contributed by atoms with Crippen molar-refractivity contribution < 1.29 is 9.59 Å². The van der Waals surface area contributed by atoms with Gasteiger partial charge < -0.3 is 16.4 Å². The molecule has 7 heteroatoms. The summed E-state index contributed by atoms with van der Waals surface area (Å²) in [7, 11) is 0. The summed E-state index contributed by atoms with van der Waals surface area (Å²) in [6, 6.07) is 4.22. The predicted molar refractivity (Wildman–Crippen MR) is 112 cm³/mol. The fourth-order valence-electron chi connectivity index (χ4n) is 3.62. The molecule has 0 aliphatic carbocycles. The van der Waals surface area contributed by atoms with E-state index >= 15 is 0 Å². The average molecular weight is 397 g/mol. The Bertz CT molecular complexity index is 668. The van der Waals surface area contributed by atoms with Gasteiger partial charge in [-0.25, -0.2) is 0 Å². The van der Waals surface area contributed by atoms with Crippen LogP contribution in [0.5, 0.6) is 0 Å². The number of nitrogens with two attached hydrogens (primary N) is 1. The first-order chi connectivity index (χ1) is 12.1. The van der Waals surface area contributed by atoms with Crippen LogP contribution in [-0.2, 0) is 9.59 Å². The maximum absolute atomic E-state index is 12.2. The maximum atomic E-state index is 12.2. The lowest BCUT2D eigenvalue weighted by atomic mass is 9.80. The molecule has 1 saturated heterocycles. The molecule has 27 heavy (non-hydrogen) atoms. The number of nitrogens with one attached hydrogen (secondary N) is 2. The van der Waals surface area contributed by atoms with Crippen LogP contribution in [-0.4, -0.2) is 48.9 Å². The lowest BCUT2D eigenvalue weighted by Gasteiger charge is -2.42. The van der Waals surface area contributed by atoms with Gasteiger partial charge in [-0.15, -0.1) is 12.4 Å². The molecule has 1 aromatic carbocycles. The van der Waals surface area contributed by atoms with Crippen LogP contribution in [0.25, 0.3) is 0 Å². The number of hydrogen-bond acceptors (Lipinski definition) is 4. The van der Waals surface area contributed by atoms with Gasteiger partial charge in [0.15, 0.2) is 0 Å². The van der Waals surface area contributed by atoms with Gasteiger partial charge in [0.25, 0.3) is 0 Å². The van der Waals surface area contributed by atoms with Gasteiger partial charge >= 0.3 is 0 Å². The molecule has 2 amide bonds. The molecule has 0 aromatic heterocycles. The summed E-state index contributed by atoms with van der Waals surface area (Å²) in [5, 5.41) is 5.61. The molecule has 1 atom stereocenters. The first-order valence-electron chi connectivity index (χ1n) is 9.21. The van der Waals surface area contributed by atoms with Crippen LogP contribution in [0.3, 0.4) is 0 Å². The zero-order valence-corrected chi connectivity index (χ0v) is 17.8. The molecule has 1 aliphatic heterocycles. The highest BCUT2D eigenvalue weighted by atomic mass is 35.5. The number of benzene rings is 1. The molecular weight excluding hydrogens is 364 g/mol. The molecule has 0 radical (unpaired) electrons. The smallest absolute Gasteiger partial charge is 0.243 e. The van der Waals surface area contributed by atoms with Crippen molar-refractivity contribution in [2.24, 2.45) is 11.1 Å². The summed E-state index contributed by atoms with van der Waals surface area (Å²) in [5.41, 5.74) is 10.2. The Balaban J connectivity index is 0.00000364. The highest BCUT2D eigenvalue weighted by Gasteiger charge is 2.33. The molecule has 1 aromatic rings. The van der Waals surface area contributed by atoms with Gasteiger partial charge in [0.1, 0.15) is 0 Å². The quantitative estimate of drug-likeness (QED) is 0.711. The number of piperidine rings is 1. The van der Waals surface area contributed by atoms with Crippen LogP contribution in [0, 0.1) is 26.2 Å². The van der Waals surface area contributed by atoms with Gasteiger partial charge in [0, 0.05) is 24.8 Å². The second-order valence-electron chi connectivity index (χ2n) is 8.19. The third kappa shape index (κ3) is 6.48. The number of halogens is 1. The Kier molecular flexibility index (Phi) is 8.26. The van der Waals surface area contributed by atoms with Gasteiger partial charge in [-0.3, -0.25) is 14.5 Å². The van der Waals surface area contributed by atoms with E-state index in [2.05, 4.69) is 29.4 Å². The van der Waals surface area contributed by atoms with Crippen LogP contribution < -0.4 is 16.4 Å². The highest BCUT2D eigenvalue weighted by Crippen LogP contribution is 2.27. The molecule has 6 nitrogen and oxygen atoms in total. The number of amides is 2. The van der Waals surface area contributed by atoms with Gasteiger partial charge in [0.05, 0.1) is 13.1 Å². The van der Waals surface area contributed by atoms with Crippen LogP contribution in [0.4, 0.5) is 5.69 Å². The minimum atomic E-state index is -0.214. The van der Waals surface area contributed by atoms with Crippen molar-refractivity contribution >= 4 is 29.9 Å². The molecule has 2 rings (SSSR count). The largest absolute Gasteiger partial charge is 0.346 e. The number of rotatable bonds is 5. The topological polar surface area (TPSA) is 87.5 Å². The molecule has 1 unspecified atom stereocenters. The molecule has 1 heterocycles. The molecule has 1 aliphatic rings. The zero-order valence-electron chi connectivity index (χ0n) is 17.0. The van der Waals surface area contributed by atoms with Gasteiger partial charge in [-0.05, 0) is 43.7 Å². The molecular formula is C20H33ClN4O2. The molecule has 4 N–H and O–H groups in total. The van der Waals surface area contributed by atoms with Crippen molar-refractivity contribution in [3.8, 4) is 0 Å². The number of anilines is 1. The Morgan fingerprint density at radius 1 is 1.19 bits per heavy atom. The van der Waals surface area contributed by atoms with E-state index in [1.54, 1.807) is 0 Å². The minimum absolute atomic E-state index is 0. The summed E-state index contributed by atoms with van der Waals surface area (Å²) in [5.74, 6) is -0.349. The average Bonchev–Trinajstić information content (AvgIpc) is 2.52. The molecule has 1 fully saturated rings. The second kappa shape index (κ2) is 9.53. The maximum Gasteiger partial charge on any atom is 0.243 e. The van der Waals surface area contributed by atoms with Crippen molar-refractivity contribution in [2.45, 2.75) is 47.1 Å². The number of nitrogens with zero attached hydrogens (tertiary/aromatic N) is 1. The third-order valence-electron chi connectivity index (χ3n) is 5.15. The van der Waals surface area contributed by atoms with E-state index in [0.717, 1.165) is 41.9 Å². The molecule has 0 spiro atoms. The number of carbonyl (C=O) groups excluding carboxylic acids is 2. The van der Waals surface area contributed by atoms with Crippen molar-refractivity contribution in [1.29, 1.82) is 0 Å². The second-order valence-corrected chi connectivity index (χ2v) is 8.19. The normalized spacial score (nSPS) is 19.1. The number of aryl methyl sites for hydroxylation is 3. The predicted octanol–water partition coefficient (Wildman–Crippen LogP) is 2.15. The van der Waals surface area contributed by atoms with E-state index in [-0.39, 0.29) is 42.2 Å². The summed E-state index contributed by atoms with van der Waals surface area (Å²) in [6.45, 7) is 12.1. The molecule has 0 saturated carbocycles. The number of likely N-dealkylation sites (tertiary alicyclic amines) is 1. The fraction of sp³-hybridized carbons (Fsp3) is 0.600. The SMILES string of the molecule is Cc1cc(C)c(NC(=O)CNC(=O)CN2CCC(N)C(C)(C)C2)c(C)c1.Cl. The van der Waals surface area contributed by atoms with Crippen molar-refractivity contribution in [3.05, 3.63) is 28.8 Å². The van der Waals surface area contributed by atoms with Gasteiger partial charge in [0.2, 0.25) is 11.8 Å². The van der Waals surface area contributed by atoms with Crippen LogP contribution in [0.15, 0.2) is 12.1 Å². The Morgan fingerprint density at radius 2 is 1.78 bits per heavy atom. The standard InChI is InChI=1S/C20H32N4O2.ClH/c1-13-8-14(2)19(15(3)9-13)23-17(25)10-22-18(26)11-24-7-6-16(21)20(4,5)12-24;/h8-9,16H,6-7,10-12,21H2,1-5H3,(H,22,26)(H,23,25);1H. The van der Waals surface area contributed by atoms with Crippen LogP contribution >= 0.6 is 12.4 Å². The Hall–Kier alpha value is -1.63. The van der Waals surface area contributed by atoms with E-state index < -0.39 is 0 Å². The molecule has 0 bridgehead atoms. The molecule has 152 valence electrons. The number of carbonyl (C=O) groups is 2. The first-order valence-corrected chi connectivity index (χ1v) is 9.21. The summed E-state index contributed by atoms with van der Waals surface area (Å²) >= 11 is 0. The summed E-state index contributed by atoms with van der Waals surface area (Å²) in [6.07, 6.45) is 0.882. The monoisotopic (exact) mass is 396 g/mol. The fourth-order valence-corrected chi connectivity index (χ4v) is 3.62. The lowest BCUT2D eigenvalue weighted by molar-refractivity contribution is -0.125. The summed E-state index contributed by atoms with van der Waals surface area (Å²) < 4.78 is 0. The Labute approximate surface area is 168 Å². The first kappa shape index (κ1) is 23.4. The summed E-state index contributed by atoms with van der Waals surface area (Å²) in [4.78, 5) is 26.5. The lowest BCUT2D eigenvalue weighted by Crippen LogP contribution is -2.54. The van der Waals surface area contributed by atoms with E-state index in [0.29, 0.717) is 6.54 Å². The van der Waals surface area contributed by atoms with Crippen molar-refractivity contribution in [2.75, 3.05) is 31.5 Å². The van der Waals surface area contributed by atoms with Crippen LogP contribution in [0.2, 0.25) is 0 Å².